The van der Waals surface area contributed by atoms with Crippen molar-refractivity contribution in [2.75, 3.05) is 13.2 Å². The van der Waals surface area contributed by atoms with Crippen LogP contribution < -0.4 is 0 Å². The lowest BCUT2D eigenvalue weighted by molar-refractivity contribution is -0.129. The summed E-state index contributed by atoms with van der Waals surface area (Å²) in [5, 5.41) is 9.02. The molecule has 0 bridgehead atoms. The number of Topliss-reactive ketones (excluding diaryl/α,β-unsaturated/α-hetero) is 1. The van der Waals surface area contributed by atoms with Crippen molar-refractivity contribution in [1.82, 2.24) is 4.90 Å². The SMILES string of the molecule is C=CC(=O)N1Cc2ccccc2[C@H](C(=O)CO)C1. The van der Waals surface area contributed by atoms with Crippen molar-refractivity contribution in [3.8, 4) is 0 Å². The zero-order valence-electron chi connectivity index (χ0n) is 10.0. The van der Waals surface area contributed by atoms with E-state index < -0.39 is 12.5 Å². The Hall–Kier alpha value is -1.94. The van der Waals surface area contributed by atoms with Crippen molar-refractivity contribution < 1.29 is 14.7 Å². The predicted octanol–water partition coefficient (Wildman–Crippen LogP) is 0.860. The molecule has 1 atom stereocenters. The van der Waals surface area contributed by atoms with Crippen LogP contribution in [0.3, 0.4) is 0 Å². The standard InChI is InChI=1S/C14H15NO3/c1-2-14(18)15-7-10-5-3-4-6-11(10)12(8-15)13(17)9-16/h2-6,12,16H,1,7-9H2/t12-/m1/s1. The minimum absolute atomic E-state index is 0.194. The fourth-order valence-corrected chi connectivity index (χ4v) is 2.29. The van der Waals surface area contributed by atoms with Gasteiger partial charge in [0.25, 0.3) is 0 Å². The number of amides is 1. The van der Waals surface area contributed by atoms with Crippen LogP contribution in [0.4, 0.5) is 0 Å². The van der Waals surface area contributed by atoms with Crippen LogP contribution in [0.2, 0.25) is 0 Å². The summed E-state index contributed by atoms with van der Waals surface area (Å²) in [6, 6.07) is 7.52. The normalized spacial score (nSPS) is 18.1. The summed E-state index contributed by atoms with van der Waals surface area (Å²) in [4.78, 5) is 25.0. The molecule has 1 heterocycles. The number of carbonyl (C=O) groups excluding carboxylic acids is 2. The lowest BCUT2D eigenvalue weighted by Gasteiger charge is -2.33. The summed E-state index contributed by atoms with van der Waals surface area (Å²) in [6.07, 6.45) is 1.24. The van der Waals surface area contributed by atoms with E-state index in [1.807, 2.05) is 24.3 Å². The Morgan fingerprint density at radius 1 is 1.44 bits per heavy atom. The summed E-state index contributed by atoms with van der Waals surface area (Å²) < 4.78 is 0. The molecule has 0 spiro atoms. The lowest BCUT2D eigenvalue weighted by Crippen LogP contribution is -2.40. The molecule has 0 saturated heterocycles. The molecule has 0 fully saturated rings. The molecule has 1 aliphatic rings. The molecule has 1 N–H and O–H groups in total. The van der Waals surface area contributed by atoms with Gasteiger partial charge in [-0.05, 0) is 17.2 Å². The smallest absolute Gasteiger partial charge is 0.246 e. The minimum Gasteiger partial charge on any atom is -0.389 e. The second-order valence-electron chi connectivity index (χ2n) is 4.30. The zero-order chi connectivity index (χ0) is 13.1. The average Bonchev–Trinajstić information content (AvgIpc) is 2.44. The minimum atomic E-state index is -0.505. The molecule has 18 heavy (non-hydrogen) atoms. The van der Waals surface area contributed by atoms with Gasteiger partial charge < -0.3 is 10.0 Å². The third kappa shape index (κ3) is 2.19. The van der Waals surface area contributed by atoms with Crippen molar-refractivity contribution in [3.05, 3.63) is 48.0 Å². The van der Waals surface area contributed by atoms with E-state index in [2.05, 4.69) is 6.58 Å². The van der Waals surface area contributed by atoms with Gasteiger partial charge in [0.1, 0.15) is 6.61 Å². The molecular weight excluding hydrogens is 230 g/mol. The maximum Gasteiger partial charge on any atom is 0.246 e. The molecule has 4 heteroatoms. The Bertz CT molecular complexity index is 496. The number of ketones is 1. The van der Waals surface area contributed by atoms with Gasteiger partial charge in [0.2, 0.25) is 5.91 Å². The number of carbonyl (C=O) groups is 2. The van der Waals surface area contributed by atoms with E-state index in [1.165, 1.54) is 6.08 Å². The molecule has 0 aromatic heterocycles. The topological polar surface area (TPSA) is 57.6 Å². The summed E-state index contributed by atoms with van der Waals surface area (Å²) in [5.41, 5.74) is 1.86. The Labute approximate surface area is 106 Å². The predicted molar refractivity (Wildman–Crippen MR) is 66.9 cm³/mol. The van der Waals surface area contributed by atoms with Gasteiger partial charge in [0.15, 0.2) is 5.78 Å². The van der Waals surface area contributed by atoms with Crippen LogP contribution in [0.1, 0.15) is 17.0 Å². The number of benzene rings is 1. The molecule has 4 nitrogen and oxygen atoms in total. The largest absolute Gasteiger partial charge is 0.389 e. The van der Waals surface area contributed by atoms with Crippen LogP contribution >= 0.6 is 0 Å². The Balaban J connectivity index is 2.38. The highest BCUT2D eigenvalue weighted by Gasteiger charge is 2.30. The summed E-state index contributed by atoms with van der Waals surface area (Å²) in [5.74, 6) is -0.895. The van der Waals surface area contributed by atoms with Gasteiger partial charge in [-0.15, -0.1) is 0 Å². The molecule has 1 aromatic carbocycles. The highest BCUT2D eigenvalue weighted by atomic mass is 16.3. The molecular formula is C14H15NO3. The van der Waals surface area contributed by atoms with Crippen LogP contribution in [0.5, 0.6) is 0 Å². The molecule has 0 saturated carbocycles. The van der Waals surface area contributed by atoms with E-state index in [-0.39, 0.29) is 11.7 Å². The fraction of sp³-hybridized carbons (Fsp3) is 0.286. The molecule has 94 valence electrons. The van der Waals surface area contributed by atoms with E-state index in [1.54, 1.807) is 4.90 Å². The van der Waals surface area contributed by atoms with Crippen molar-refractivity contribution >= 4 is 11.7 Å². The van der Waals surface area contributed by atoms with Gasteiger partial charge in [-0.25, -0.2) is 0 Å². The van der Waals surface area contributed by atoms with Crippen LogP contribution in [-0.2, 0) is 16.1 Å². The second-order valence-corrected chi connectivity index (χ2v) is 4.30. The Kier molecular flexibility index (Phi) is 3.58. The quantitative estimate of drug-likeness (QED) is 0.803. The molecule has 1 aliphatic heterocycles. The Morgan fingerprint density at radius 2 is 2.17 bits per heavy atom. The van der Waals surface area contributed by atoms with Crippen molar-refractivity contribution in [2.45, 2.75) is 12.5 Å². The highest BCUT2D eigenvalue weighted by molar-refractivity contribution is 5.91. The van der Waals surface area contributed by atoms with Crippen LogP contribution in [-0.4, -0.2) is 34.8 Å². The van der Waals surface area contributed by atoms with Gasteiger partial charge in [0, 0.05) is 13.1 Å². The van der Waals surface area contributed by atoms with E-state index in [4.69, 9.17) is 5.11 Å². The number of aliphatic hydroxyl groups excluding tert-OH is 1. The van der Waals surface area contributed by atoms with Crippen LogP contribution in [0, 0.1) is 0 Å². The highest BCUT2D eigenvalue weighted by Crippen LogP contribution is 2.28. The Morgan fingerprint density at radius 3 is 2.83 bits per heavy atom. The number of rotatable bonds is 3. The van der Waals surface area contributed by atoms with Gasteiger partial charge in [-0.1, -0.05) is 30.8 Å². The van der Waals surface area contributed by atoms with E-state index in [9.17, 15) is 9.59 Å². The second kappa shape index (κ2) is 5.14. The first-order chi connectivity index (χ1) is 8.67. The van der Waals surface area contributed by atoms with Crippen LogP contribution in [0.15, 0.2) is 36.9 Å². The number of aliphatic hydroxyl groups is 1. The summed E-state index contributed by atoms with van der Waals surface area (Å²) in [7, 11) is 0. The first-order valence-corrected chi connectivity index (χ1v) is 5.80. The summed E-state index contributed by atoms with van der Waals surface area (Å²) in [6.45, 7) is 3.74. The molecule has 0 radical (unpaired) electrons. The monoisotopic (exact) mass is 245 g/mol. The van der Waals surface area contributed by atoms with Gasteiger partial charge in [-0.2, -0.15) is 0 Å². The zero-order valence-corrected chi connectivity index (χ0v) is 10.0. The van der Waals surface area contributed by atoms with Gasteiger partial charge >= 0.3 is 0 Å². The third-order valence-electron chi connectivity index (χ3n) is 3.23. The first-order valence-electron chi connectivity index (χ1n) is 5.80. The number of hydrogen-bond acceptors (Lipinski definition) is 3. The summed E-state index contributed by atoms with van der Waals surface area (Å²) >= 11 is 0. The molecule has 1 amide bonds. The number of hydrogen-bond donors (Lipinski definition) is 1. The van der Waals surface area contributed by atoms with E-state index in [0.29, 0.717) is 13.1 Å². The average molecular weight is 245 g/mol. The molecule has 0 unspecified atom stereocenters. The van der Waals surface area contributed by atoms with Crippen molar-refractivity contribution in [1.29, 1.82) is 0 Å². The van der Waals surface area contributed by atoms with Crippen molar-refractivity contribution in [3.63, 3.8) is 0 Å². The number of nitrogens with zero attached hydrogens (tertiary/aromatic N) is 1. The van der Waals surface area contributed by atoms with Gasteiger partial charge in [0.05, 0.1) is 5.92 Å². The van der Waals surface area contributed by atoms with E-state index >= 15 is 0 Å². The molecule has 0 aliphatic carbocycles. The molecule has 1 aromatic rings. The molecule has 2 rings (SSSR count). The maximum atomic E-state index is 11.8. The van der Waals surface area contributed by atoms with Crippen molar-refractivity contribution in [2.24, 2.45) is 0 Å². The van der Waals surface area contributed by atoms with Crippen LogP contribution in [0.25, 0.3) is 0 Å². The fourth-order valence-electron chi connectivity index (χ4n) is 2.29. The third-order valence-corrected chi connectivity index (χ3v) is 3.23. The number of fused-ring (bicyclic) bond motifs is 1. The lowest BCUT2D eigenvalue weighted by atomic mass is 9.87. The van der Waals surface area contributed by atoms with E-state index in [0.717, 1.165) is 11.1 Å². The maximum absolute atomic E-state index is 11.8. The van der Waals surface area contributed by atoms with Gasteiger partial charge in [-0.3, -0.25) is 9.59 Å². The first kappa shape index (κ1) is 12.5.